The fourth-order valence-electron chi connectivity index (χ4n) is 4.20. The molecule has 0 aromatic carbocycles. The van der Waals surface area contributed by atoms with Crippen LogP contribution < -0.4 is 10.6 Å². The Balaban J connectivity index is 1.53. The molecule has 0 saturated heterocycles. The maximum absolute atomic E-state index is 12.1. The Labute approximate surface area is 190 Å². The van der Waals surface area contributed by atoms with E-state index in [1.54, 1.807) is 27.7 Å². The number of aliphatic carboxylic acids is 1. The minimum atomic E-state index is -1.10. The first-order valence-electron chi connectivity index (χ1n) is 11.7. The molecule has 0 spiro atoms. The monoisotopic (exact) mass is 447 g/mol. The predicted molar refractivity (Wildman–Crippen MR) is 122 cm³/mol. The summed E-state index contributed by atoms with van der Waals surface area (Å²) in [4.78, 5) is 28.6. The van der Waals surface area contributed by atoms with Crippen molar-refractivity contribution >= 4 is 17.7 Å². The van der Waals surface area contributed by atoms with E-state index in [4.69, 9.17) is 14.5 Å². The van der Waals surface area contributed by atoms with Gasteiger partial charge >= 0.3 is 12.1 Å². The van der Waals surface area contributed by atoms with Crippen LogP contribution in [0.15, 0.2) is 12.1 Å². The third kappa shape index (κ3) is 6.58. The quantitative estimate of drug-likeness (QED) is 0.526. The number of aromatic nitrogens is 1. The van der Waals surface area contributed by atoms with E-state index in [0.29, 0.717) is 0 Å². The molecule has 8 nitrogen and oxygen atoms in total. The number of carbonyl (C=O) groups excluding carboxylic acids is 1. The number of amides is 1. The molecule has 0 bridgehead atoms. The topological polar surface area (TPSA) is 110 Å². The zero-order valence-corrected chi connectivity index (χ0v) is 19.7. The van der Waals surface area contributed by atoms with Gasteiger partial charge in [0.15, 0.2) is 0 Å². The van der Waals surface area contributed by atoms with Crippen LogP contribution in [0.1, 0.15) is 71.2 Å². The number of carboxylic acid groups (broad SMARTS) is 1. The van der Waals surface area contributed by atoms with Crippen molar-refractivity contribution in [1.29, 1.82) is 0 Å². The predicted octanol–water partition coefficient (Wildman–Crippen LogP) is 3.93. The number of alkyl carbamates (subject to hydrolysis) is 1. The lowest BCUT2D eigenvalue weighted by atomic mass is 9.76. The standard InChI is InChI=1S/C24H37N3O5/c1-16(20(21(28)29)27-22(30)32-23(2,3)4)15-31-24(11-6-12-24)13-10-17-8-9-18-19(26-17)7-5-14-25-18/h8-9,16,20,25H,5-7,10-15H2,1-4H3,(H,27,30)(H,28,29)/t16-,20-/m0/s1. The van der Waals surface area contributed by atoms with Crippen LogP contribution in [0.4, 0.5) is 10.5 Å². The number of ether oxygens (including phenoxy) is 2. The largest absolute Gasteiger partial charge is 0.480 e. The van der Waals surface area contributed by atoms with Gasteiger partial charge in [-0.15, -0.1) is 0 Å². The molecule has 1 aromatic heterocycles. The van der Waals surface area contributed by atoms with Crippen LogP contribution in [-0.4, -0.2) is 52.5 Å². The van der Waals surface area contributed by atoms with Gasteiger partial charge in [0, 0.05) is 18.2 Å². The highest BCUT2D eigenvalue weighted by Gasteiger charge is 2.39. The zero-order valence-electron chi connectivity index (χ0n) is 19.7. The van der Waals surface area contributed by atoms with Gasteiger partial charge < -0.3 is 25.2 Å². The van der Waals surface area contributed by atoms with Gasteiger partial charge in [0.05, 0.1) is 23.6 Å². The van der Waals surface area contributed by atoms with Gasteiger partial charge in [-0.05, 0) is 77.8 Å². The van der Waals surface area contributed by atoms with E-state index < -0.39 is 29.6 Å². The van der Waals surface area contributed by atoms with Gasteiger partial charge in [0.25, 0.3) is 0 Å². The molecular weight excluding hydrogens is 410 g/mol. The van der Waals surface area contributed by atoms with Crippen molar-refractivity contribution in [1.82, 2.24) is 10.3 Å². The summed E-state index contributed by atoms with van der Waals surface area (Å²) < 4.78 is 11.5. The lowest BCUT2D eigenvalue weighted by molar-refractivity contribution is -0.145. The van der Waals surface area contributed by atoms with Gasteiger partial charge in [-0.1, -0.05) is 6.92 Å². The van der Waals surface area contributed by atoms with Gasteiger partial charge in [0.2, 0.25) is 0 Å². The zero-order chi connectivity index (χ0) is 23.4. The molecule has 1 aromatic rings. The number of rotatable bonds is 9. The van der Waals surface area contributed by atoms with Crippen LogP contribution in [0, 0.1) is 5.92 Å². The van der Waals surface area contributed by atoms with Gasteiger partial charge in [0.1, 0.15) is 11.6 Å². The van der Waals surface area contributed by atoms with Crippen molar-refractivity contribution in [3.8, 4) is 0 Å². The minimum Gasteiger partial charge on any atom is -0.480 e. The molecule has 1 amide bonds. The van der Waals surface area contributed by atoms with E-state index in [2.05, 4.69) is 22.8 Å². The van der Waals surface area contributed by atoms with Crippen LogP contribution in [-0.2, 0) is 27.1 Å². The smallest absolute Gasteiger partial charge is 0.408 e. The number of aryl methyl sites for hydroxylation is 2. The number of pyridine rings is 1. The molecule has 8 heteroatoms. The van der Waals surface area contributed by atoms with Crippen LogP contribution in [0.3, 0.4) is 0 Å². The van der Waals surface area contributed by atoms with E-state index in [9.17, 15) is 14.7 Å². The second-order valence-corrected chi connectivity index (χ2v) is 10.1. The normalized spacial score (nSPS) is 19.0. The average molecular weight is 448 g/mol. The molecule has 1 aliphatic heterocycles. The van der Waals surface area contributed by atoms with Crippen LogP contribution in [0.2, 0.25) is 0 Å². The number of carboxylic acids is 1. The van der Waals surface area contributed by atoms with E-state index in [-0.39, 0.29) is 12.2 Å². The first kappa shape index (κ1) is 24.3. The van der Waals surface area contributed by atoms with Crippen molar-refractivity contribution in [3.05, 3.63) is 23.5 Å². The Morgan fingerprint density at radius 2 is 2.03 bits per heavy atom. The number of hydrogen-bond donors (Lipinski definition) is 3. The molecular formula is C24H37N3O5. The summed E-state index contributed by atoms with van der Waals surface area (Å²) >= 11 is 0. The summed E-state index contributed by atoms with van der Waals surface area (Å²) in [5.74, 6) is -1.49. The Bertz CT molecular complexity index is 816. The first-order chi connectivity index (χ1) is 15.1. The van der Waals surface area contributed by atoms with E-state index >= 15 is 0 Å². The second-order valence-electron chi connectivity index (χ2n) is 10.1. The maximum atomic E-state index is 12.1. The van der Waals surface area contributed by atoms with Gasteiger partial charge in [-0.3, -0.25) is 4.98 Å². The molecule has 1 aliphatic carbocycles. The number of anilines is 1. The highest BCUT2D eigenvalue weighted by atomic mass is 16.6. The van der Waals surface area contributed by atoms with E-state index in [0.717, 1.165) is 68.6 Å². The molecule has 3 N–H and O–H groups in total. The van der Waals surface area contributed by atoms with Crippen molar-refractivity contribution in [2.45, 2.75) is 89.9 Å². The summed E-state index contributed by atoms with van der Waals surface area (Å²) in [6.45, 7) is 8.26. The Morgan fingerprint density at radius 3 is 2.66 bits per heavy atom. The molecule has 32 heavy (non-hydrogen) atoms. The number of nitrogens with one attached hydrogen (secondary N) is 2. The van der Waals surface area contributed by atoms with Crippen molar-refractivity contribution in [3.63, 3.8) is 0 Å². The molecule has 2 aliphatic rings. The fourth-order valence-corrected chi connectivity index (χ4v) is 4.20. The van der Waals surface area contributed by atoms with Crippen LogP contribution in [0.5, 0.6) is 0 Å². The fraction of sp³-hybridized carbons (Fsp3) is 0.708. The lowest BCUT2D eigenvalue weighted by Crippen LogP contribution is -2.49. The van der Waals surface area contributed by atoms with Crippen LogP contribution in [0.25, 0.3) is 0 Å². The van der Waals surface area contributed by atoms with Gasteiger partial charge in [-0.25, -0.2) is 9.59 Å². The molecule has 178 valence electrons. The summed E-state index contributed by atoms with van der Waals surface area (Å²) in [7, 11) is 0. The average Bonchev–Trinajstić information content (AvgIpc) is 2.69. The van der Waals surface area contributed by atoms with Gasteiger partial charge in [-0.2, -0.15) is 0 Å². The third-order valence-electron chi connectivity index (χ3n) is 6.20. The van der Waals surface area contributed by atoms with Crippen molar-refractivity contribution in [2.75, 3.05) is 18.5 Å². The number of nitrogens with zero attached hydrogens (tertiary/aromatic N) is 1. The number of fused-ring (bicyclic) bond motifs is 1. The highest BCUT2D eigenvalue weighted by Crippen LogP contribution is 2.40. The van der Waals surface area contributed by atoms with E-state index in [1.807, 2.05) is 0 Å². The summed E-state index contributed by atoms with van der Waals surface area (Å²) in [6, 6.07) is 3.13. The summed E-state index contributed by atoms with van der Waals surface area (Å²) in [6.07, 6.45) is 6.10. The Morgan fingerprint density at radius 1 is 1.28 bits per heavy atom. The summed E-state index contributed by atoms with van der Waals surface area (Å²) in [5.41, 5.74) is 2.43. The SMILES string of the molecule is C[C@@H](COC1(CCc2ccc3c(n2)CCCN3)CCC1)[C@H](NC(=O)OC(C)(C)C)C(=O)O. The van der Waals surface area contributed by atoms with Crippen molar-refractivity contribution < 1.29 is 24.2 Å². The molecule has 3 rings (SSSR count). The van der Waals surface area contributed by atoms with Crippen LogP contribution >= 0.6 is 0 Å². The molecule has 0 unspecified atom stereocenters. The molecule has 0 radical (unpaired) electrons. The molecule has 1 fully saturated rings. The minimum absolute atomic E-state index is 0.237. The molecule has 2 atom stereocenters. The first-order valence-corrected chi connectivity index (χ1v) is 11.7. The third-order valence-corrected chi connectivity index (χ3v) is 6.20. The Hall–Kier alpha value is -2.35. The number of carbonyl (C=O) groups is 2. The van der Waals surface area contributed by atoms with Crippen molar-refractivity contribution in [2.24, 2.45) is 5.92 Å². The van der Waals surface area contributed by atoms with E-state index in [1.165, 1.54) is 0 Å². The Kier molecular flexibility index (Phi) is 7.64. The highest BCUT2D eigenvalue weighted by molar-refractivity contribution is 5.80. The number of hydrogen-bond acceptors (Lipinski definition) is 6. The lowest BCUT2D eigenvalue weighted by Gasteiger charge is -2.43. The second kappa shape index (κ2) is 10.1. The molecule has 1 saturated carbocycles. The maximum Gasteiger partial charge on any atom is 0.408 e. The summed E-state index contributed by atoms with van der Waals surface area (Å²) in [5, 5.41) is 15.5. The molecule has 2 heterocycles.